The van der Waals surface area contributed by atoms with Crippen molar-refractivity contribution in [3.8, 4) is 11.5 Å². The molecule has 2 aromatic carbocycles. The van der Waals surface area contributed by atoms with Crippen LogP contribution >= 0.6 is 0 Å². The fourth-order valence-electron chi connectivity index (χ4n) is 5.21. The van der Waals surface area contributed by atoms with Crippen LogP contribution in [-0.4, -0.2) is 73.6 Å². The summed E-state index contributed by atoms with van der Waals surface area (Å²) in [5, 5.41) is 14.5. The Morgan fingerprint density at radius 3 is 2.31 bits per heavy atom. The van der Waals surface area contributed by atoms with Crippen LogP contribution in [0.4, 0.5) is 11.4 Å². The molecule has 0 aromatic heterocycles. The molecule has 0 atom stereocenters. The minimum Gasteiger partial charge on any atom is -0.497 e. The summed E-state index contributed by atoms with van der Waals surface area (Å²) in [5.74, 6) is 1.93. The first kappa shape index (κ1) is 25.8. The first-order chi connectivity index (χ1) is 17.5. The number of carbonyl (C=O) groups is 1. The van der Waals surface area contributed by atoms with E-state index in [2.05, 4.69) is 22.3 Å². The molecule has 194 valence electrons. The van der Waals surface area contributed by atoms with Gasteiger partial charge < -0.3 is 24.6 Å². The van der Waals surface area contributed by atoms with Gasteiger partial charge in [0.25, 0.3) is 0 Å². The van der Waals surface area contributed by atoms with E-state index in [4.69, 9.17) is 9.47 Å². The second kappa shape index (κ2) is 12.1. The lowest BCUT2D eigenvalue weighted by atomic mass is 9.89. The third-order valence-electron chi connectivity index (χ3n) is 7.41. The molecule has 0 unspecified atom stereocenters. The molecule has 2 fully saturated rings. The lowest BCUT2D eigenvalue weighted by Crippen LogP contribution is -2.43. The Morgan fingerprint density at radius 1 is 1.00 bits per heavy atom. The molecule has 2 aromatic rings. The molecule has 1 amide bonds. The van der Waals surface area contributed by atoms with Crippen molar-refractivity contribution >= 4 is 17.3 Å². The highest BCUT2D eigenvalue weighted by Gasteiger charge is 2.25. The molecule has 1 N–H and O–H groups in total. The number of nitro benzene ring substituents is 1. The van der Waals surface area contributed by atoms with Crippen LogP contribution in [0.15, 0.2) is 42.5 Å². The van der Waals surface area contributed by atoms with Crippen LogP contribution in [0.5, 0.6) is 11.5 Å². The Bertz CT molecular complexity index is 1030. The Balaban J connectivity index is 1.17. The van der Waals surface area contributed by atoms with Crippen LogP contribution in [-0.2, 0) is 4.79 Å². The molecule has 4 rings (SSSR count). The Labute approximate surface area is 212 Å². The first-order valence-corrected chi connectivity index (χ1v) is 12.7. The van der Waals surface area contributed by atoms with Gasteiger partial charge in [0.2, 0.25) is 5.91 Å². The fourth-order valence-corrected chi connectivity index (χ4v) is 5.21. The molecule has 0 saturated carbocycles. The van der Waals surface area contributed by atoms with Gasteiger partial charge in [0.1, 0.15) is 5.75 Å². The van der Waals surface area contributed by atoms with Crippen LogP contribution in [0.2, 0.25) is 0 Å². The van der Waals surface area contributed by atoms with Gasteiger partial charge in [0, 0.05) is 49.9 Å². The Morgan fingerprint density at radius 2 is 1.69 bits per heavy atom. The lowest BCUT2D eigenvalue weighted by molar-refractivity contribution is -0.385. The van der Waals surface area contributed by atoms with Gasteiger partial charge in [-0.25, -0.2) is 0 Å². The number of nitro groups is 1. The van der Waals surface area contributed by atoms with Gasteiger partial charge in [0.15, 0.2) is 5.75 Å². The van der Waals surface area contributed by atoms with Crippen LogP contribution in [0.25, 0.3) is 0 Å². The molecule has 2 saturated heterocycles. The van der Waals surface area contributed by atoms with Crippen molar-refractivity contribution in [2.75, 3.05) is 52.3 Å². The maximum atomic E-state index is 12.8. The number of rotatable bonds is 9. The summed E-state index contributed by atoms with van der Waals surface area (Å²) in [5.41, 5.74) is 2.11. The number of piperidine rings is 2. The maximum absolute atomic E-state index is 12.8. The molecule has 0 spiro atoms. The highest BCUT2D eigenvalue weighted by molar-refractivity contribution is 5.76. The quantitative estimate of drug-likeness (QED) is 0.409. The number of amides is 1. The fraction of sp³-hybridized carbons (Fsp3) is 0.519. The number of benzene rings is 2. The zero-order valence-electron chi connectivity index (χ0n) is 21.2. The third kappa shape index (κ3) is 6.46. The van der Waals surface area contributed by atoms with Gasteiger partial charge in [-0.15, -0.1) is 0 Å². The van der Waals surface area contributed by atoms with E-state index < -0.39 is 4.92 Å². The summed E-state index contributed by atoms with van der Waals surface area (Å²) in [6.45, 7) is 4.30. The molecular weight excluding hydrogens is 460 g/mol. The van der Waals surface area contributed by atoms with E-state index in [0.717, 1.165) is 69.8 Å². The molecule has 9 heteroatoms. The minimum atomic E-state index is -0.449. The smallest absolute Gasteiger partial charge is 0.311 e. The van der Waals surface area contributed by atoms with Gasteiger partial charge in [-0.3, -0.25) is 14.9 Å². The highest BCUT2D eigenvalue weighted by atomic mass is 16.6. The largest absolute Gasteiger partial charge is 0.497 e. The predicted octanol–water partition coefficient (Wildman–Crippen LogP) is 4.28. The number of anilines is 1. The average molecular weight is 497 g/mol. The minimum absolute atomic E-state index is 0.0478. The summed E-state index contributed by atoms with van der Waals surface area (Å²) in [6.07, 6.45) is 4.48. The van der Waals surface area contributed by atoms with Crippen LogP contribution in [0, 0.1) is 10.1 Å². The van der Waals surface area contributed by atoms with Crippen molar-refractivity contribution < 1.29 is 19.2 Å². The lowest BCUT2D eigenvalue weighted by Gasteiger charge is -2.35. The molecule has 0 bridgehead atoms. The number of likely N-dealkylation sites (tertiary alicyclic amines) is 2. The van der Waals surface area contributed by atoms with E-state index in [-0.39, 0.29) is 23.4 Å². The van der Waals surface area contributed by atoms with Crippen LogP contribution in [0.3, 0.4) is 0 Å². The number of nitrogens with one attached hydrogen (secondary N) is 1. The van der Waals surface area contributed by atoms with E-state index in [0.29, 0.717) is 12.3 Å². The van der Waals surface area contributed by atoms with Crippen molar-refractivity contribution in [2.45, 2.75) is 44.1 Å². The summed E-state index contributed by atoms with van der Waals surface area (Å²) in [4.78, 5) is 27.8. The molecular formula is C27H36N4O5. The van der Waals surface area contributed by atoms with Crippen molar-refractivity contribution in [1.29, 1.82) is 0 Å². The molecule has 0 radical (unpaired) electrons. The number of methoxy groups -OCH3 is 2. The van der Waals surface area contributed by atoms with Gasteiger partial charge >= 0.3 is 5.69 Å². The molecule has 36 heavy (non-hydrogen) atoms. The van der Waals surface area contributed by atoms with Gasteiger partial charge in [-0.05, 0) is 68.5 Å². The van der Waals surface area contributed by atoms with Crippen molar-refractivity contribution in [3.05, 3.63) is 58.1 Å². The first-order valence-electron chi connectivity index (χ1n) is 12.7. The zero-order valence-corrected chi connectivity index (χ0v) is 21.2. The monoisotopic (exact) mass is 496 g/mol. The van der Waals surface area contributed by atoms with E-state index in [9.17, 15) is 14.9 Å². The molecule has 0 aliphatic carbocycles. The molecule has 2 heterocycles. The molecule has 2 aliphatic heterocycles. The van der Waals surface area contributed by atoms with E-state index in [1.807, 2.05) is 17.0 Å². The van der Waals surface area contributed by atoms with Crippen LogP contribution in [0.1, 0.15) is 43.6 Å². The zero-order chi connectivity index (χ0) is 25.5. The highest BCUT2D eigenvalue weighted by Crippen LogP contribution is 2.31. The number of carbonyl (C=O) groups excluding carboxylic acids is 1. The summed E-state index contributed by atoms with van der Waals surface area (Å²) in [7, 11) is 3.12. The third-order valence-corrected chi connectivity index (χ3v) is 7.41. The SMILES string of the molecule is COc1ccc(C2CCN(CCC(=O)N3CCC(Nc4ccc([N+](=O)[O-])c(OC)c4)CC3)CC2)cc1. The van der Waals surface area contributed by atoms with E-state index in [1.54, 1.807) is 19.2 Å². The second-order valence-corrected chi connectivity index (χ2v) is 9.58. The predicted molar refractivity (Wildman–Crippen MR) is 139 cm³/mol. The van der Waals surface area contributed by atoms with E-state index >= 15 is 0 Å². The summed E-state index contributed by atoms with van der Waals surface area (Å²) in [6, 6.07) is 13.4. The Kier molecular flexibility index (Phi) is 8.64. The van der Waals surface area contributed by atoms with Crippen molar-refractivity contribution in [2.24, 2.45) is 0 Å². The molecule has 9 nitrogen and oxygen atoms in total. The summed E-state index contributed by atoms with van der Waals surface area (Å²) < 4.78 is 10.4. The number of hydrogen-bond donors (Lipinski definition) is 1. The van der Waals surface area contributed by atoms with Crippen LogP contribution < -0.4 is 14.8 Å². The number of ether oxygens (including phenoxy) is 2. The second-order valence-electron chi connectivity index (χ2n) is 9.58. The van der Waals surface area contributed by atoms with E-state index in [1.165, 1.54) is 18.7 Å². The Hall–Kier alpha value is -3.33. The molecule has 2 aliphatic rings. The van der Waals surface area contributed by atoms with Crippen molar-refractivity contribution in [1.82, 2.24) is 9.80 Å². The topological polar surface area (TPSA) is 97.2 Å². The standard InChI is InChI=1S/C27H36N4O5/c1-35-24-6-3-20(4-7-24)21-9-14-29(15-10-21)16-13-27(32)30-17-11-22(12-18-30)28-23-5-8-25(31(33)34)26(19-23)36-2/h3-8,19,21-22,28H,9-18H2,1-2H3. The maximum Gasteiger partial charge on any atom is 0.311 e. The number of hydrogen-bond acceptors (Lipinski definition) is 7. The van der Waals surface area contributed by atoms with Gasteiger partial charge in [0.05, 0.1) is 19.1 Å². The van der Waals surface area contributed by atoms with Gasteiger partial charge in [-0.2, -0.15) is 0 Å². The summed E-state index contributed by atoms with van der Waals surface area (Å²) >= 11 is 0. The average Bonchev–Trinajstić information content (AvgIpc) is 2.92. The van der Waals surface area contributed by atoms with Crippen molar-refractivity contribution in [3.63, 3.8) is 0 Å². The number of nitrogens with zero attached hydrogens (tertiary/aromatic N) is 3. The van der Waals surface area contributed by atoms with Gasteiger partial charge in [-0.1, -0.05) is 12.1 Å². The normalized spacial score (nSPS) is 17.6.